The summed E-state index contributed by atoms with van der Waals surface area (Å²) in [5.74, 6) is 0. The third-order valence-corrected chi connectivity index (χ3v) is 4.77. The summed E-state index contributed by atoms with van der Waals surface area (Å²) < 4.78 is 6.47. The Morgan fingerprint density at radius 3 is 2.95 bits per heavy atom. The summed E-state index contributed by atoms with van der Waals surface area (Å²) in [6.45, 7) is 1.44. The quantitative estimate of drug-likeness (QED) is 0.772. The van der Waals surface area contributed by atoms with Gasteiger partial charge in [0.2, 0.25) is 0 Å². The molecule has 0 atom stereocenters. The molecule has 108 valence electrons. The molecule has 1 aliphatic carbocycles. The summed E-state index contributed by atoms with van der Waals surface area (Å²) in [4.78, 5) is 29.2. The highest BCUT2D eigenvalue weighted by atomic mass is 32.1. The van der Waals surface area contributed by atoms with E-state index in [1.54, 1.807) is 0 Å². The molecule has 0 bridgehead atoms. The molecule has 2 aromatic rings. The van der Waals surface area contributed by atoms with Gasteiger partial charge in [-0.05, 0) is 24.8 Å². The maximum absolute atomic E-state index is 12.5. The van der Waals surface area contributed by atoms with E-state index in [0.29, 0.717) is 30.0 Å². The third kappa shape index (κ3) is 2.21. The van der Waals surface area contributed by atoms with Crippen LogP contribution in [0.5, 0.6) is 0 Å². The minimum Gasteiger partial charge on any atom is -0.378 e. The van der Waals surface area contributed by atoms with Crippen molar-refractivity contribution in [2.75, 3.05) is 19.8 Å². The van der Waals surface area contributed by atoms with Crippen molar-refractivity contribution in [3.05, 3.63) is 31.3 Å². The van der Waals surface area contributed by atoms with Crippen molar-refractivity contribution in [2.24, 2.45) is 5.73 Å². The number of ether oxygens (including phenoxy) is 1. The van der Waals surface area contributed by atoms with Crippen LogP contribution in [0, 0.1) is 0 Å². The van der Waals surface area contributed by atoms with Gasteiger partial charge >= 0.3 is 5.69 Å². The third-order valence-electron chi connectivity index (χ3n) is 3.57. The Hall–Kier alpha value is -1.44. The Balaban J connectivity index is 2.00. The lowest BCUT2D eigenvalue weighted by Crippen LogP contribution is -2.36. The molecule has 0 unspecified atom stereocenters. The van der Waals surface area contributed by atoms with E-state index in [9.17, 15) is 9.59 Å². The molecule has 3 N–H and O–H groups in total. The summed E-state index contributed by atoms with van der Waals surface area (Å²) in [5.41, 5.74) is 5.90. The number of aryl methyl sites for hydroxylation is 2. The van der Waals surface area contributed by atoms with Gasteiger partial charge in [0.25, 0.3) is 5.56 Å². The molecule has 0 spiro atoms. The summed E-state index contributed by atoms with van der Waals surface area (Å²) in [6, 6.07) is 0. The van der Waals surface area contributed by atoms with Gasteiger partial charge in [0, 0.05) is 11.4 Å². The fourth-order valence-electron chi connectivity index (χ4n) is 2.65. The molecule has 0 radical (unpaired) electrons. The van der Waals surface area contributed by atoms with Crippen molar-refractivity contribution in [3.63, 3.8) is 0 Å². The molecule has 2 aromatic heterocycles. The molecular weight excluding hydrogens is 278 g/mol. The van der Waals surface area contributed by atoms with Crippen LogP contribution in [0.25, 0.3) is 10.2 Å². The number of nitrogens with zero attached hydrogens (tertiary/aromatic N) is 1. The number of nitrogens with two attached hydrogens (primary N) is 1. The van der Waals surface area contributed by atoms with Gasteiger partial charge < -0.3 is 10.5 Å². The number of aromatic nitrogens is 2. The molecular formula is C13H17N3O3S. The van der Waals surface area contributed by atoms with Crippen LogP contribution in [0.15, 0.2) is 9.59 Å². The molecule has 0 saturated heterocycles. The average Bonchev–Trinajstić information content (AvgIpc) is 2.97. The zero-order chi connectivity index (χ0) is 14.1. The maximum atomic E-state index is 12.5. The van der Waals surface area contributed by atoms with Gasteiger partial charge in [0.1, 0.15) is 4.83 Å². The van der Waals surface area contributed by atoms with Crippen molar-refractivity contribution >= 4 is 21.6 Å². The smallest absolute Gasteiger partial charge is 0.329 e. The predicted molar refractivity (Wildman–Crippen MR) is 78.6 cm³/mol. The number of hydrogen-bond donors (Lipinski definition) is 2. The summed E-state index contributed by atoms with van der Waals surface area (Å²) >= 11 is 1.54. The number of aromatic amines is 1. The van der Waals surface area contributed by atoms with Crippen LogP contribution in [-0.4, -0.2) is 29.3 Å². The molecule has 0 aromatic carbocycles. The van der Waals surface area contributed by atoms with Crippen LogP contribution < -0.4 is 17.0 Å². The van der Waals surface area contributed by atoms with Gasteiger partial charge in [0.05, 0.1) is 25.1 Å². The van der Waals surface area contributed by atoms with Crippen molar-refractivity contribution in [1.82, 2.24) is 9.55 Å². The zero-order valence-electron chi connectivity index (χ0n) is 11.1. The summed E-state index contributed by atoms with van der Waals surface area (Å²) in [5, 5.41) is 0.695. The molecule has 0 amide bonds. The van der Waals surface area contributed by atoms with E-state index in [4.69, 9.17) is 10.5 Å². The molecule has 2 heterocycles. The number of thiophene rings is 1. The van der Waals surface area contributed by atoms with E-state index in [1.807, 2.05) is 0 Å². The molecule has 0 fully saturated rings. The predicted octanol–water partition coefficient (Wildman–Crippen LogP) is 0.215. The zero-order valence-corrected chi connectivity index (χ0v) is 11.9. The van der Waals surface area contributed by atoms with Gasteiger partial charge in [-0.3, -0.25) is 14.3 Å². The monoisotopic (exact) mass is 295 g/mol. The first-order valence-electron chi connectivity index (χ1n) is 6.77. The van der Waals surface area contributed by atoms with Gasteiger partial charge in [-0.15, -0.1) is 11.3 Å². The first kappa shape index (κ1) is 13.5. The Labute approximate surface area is 119 Å². The second kappa shape index (κ2) is 5.51. The number of H-pyrrole nitrogens is 1. The molecule has 3 rings (SSSR count). The summed E-state index contributed by atoms with van der Waals surface area (Å²) in [7, 11) is 0. The van der Waals surface area contributed by atoms with E-state index in [2.05, 4.69) is 4.98 Å². The lowest BCUT2D eigenvalue weighted by Gasteiger charge is -2.06. The molecule has 7 heteroatoms. The van der Waals surface area contributed by atoms with Crippen LogP contribution in [0.1, 0.15) is 16.9 Å². The van der Waals surface area contributed by atoms with E-state index < -0.39 is 0 Å². The topological polar surface area (TPSA) is 90.1 Å². The largest absolute Gasteiger partial charge is 0.378 e. The molecule has 20 heavy (non-hydrogen) atoms. The molecule has 6 nitrogen and oxygen atoms in total. The number of fused-ring (bicyclic) bond motifs is 3. The van der Waals surface area contributed by atoms with Gasteiger partial charge in [0.15, 0.2) is 0 Å². The van der Waals surface area contributed by atoms with Crippen molar-refractivity contribution < 1.29 is 4.74 Å². The Kier molecular flexibility index (Phi) is 3.73. The van der Waals surface area contributed by atoms with Gasteiger partial charge in [-0.1, -0.05) is 0 Å². The SMILES string of the molecule is NCCOCCn1c(=O)[nH]c2sc3c(c2c1=O)CCC3. The van der Waals surface area contributed by atoms with Crippen molar-refractivity contribution in [3.8, 4) is 0 Å². The van der Waals surface area contributed by atoms with E-state index in [1.165, 1.54) is 20.8 Å². The number of nitrogens with one attached hydrogen (secondary N) is 1. The van der Waals surface area contributed by atoms with E-state index >= 15 is 0 Å². The first-order chi connectivity index (χ1) is 9.72. The number of rotatable bonds is 5. The van der Waals surface area contributed by atoms with Crippen molar-refractivity contribution in [1.29, 1.82) is 0 Å². The van der Waals surface area contributed by atoms with Crippen LogP contribution in [0.2, 0.25) is 0 Å². The fourth-order valence-corrected chi connectivity index (χ4v) is 3.93. The molecule has 0 aliphatic heterocycles. The van der Waals surface area contributed by atoms with Crippen LogP contribution in [0.4, 0.5) is 0 Å². The Morgan fingerprint density at radius 2 is 2.15 bits per heavy atom. The maximum Gasteiger partial charge on any atom is 0.329 e. The standard InChI is InChI=1S/C13H17N3O3S/c14-4-6-19-7-5-16-12(17)10-8-2-1-3-9(8)20-11(10)15-13(16)18/h1-7,14H2,(H,15,18). The van der Waals surface area contributed by atoms with Gasteiger partial charge in [-0.25, -0.2) is 4.79 Å². The Morgan fingerprint density at radius 1 is 1.30 bits per heavy atom. The summed E-state index contributed by atoms with van der Waals surface area (Å²) in [6.07, 6.45) is 3.03. The Bertz CT molecular complexity index is 744. The molecule has 1 aliphatic rings. The highest BCUT2D eigenvalue weighted by Crippen LogP contribution is 2.33. The van der Waals surface area contributed by atoms with Crippen molar-refractivity contribution in [2.45, 2.75) is 25.8 Å². The highest BCUT2D eigenvalue weighted by molar-refractivity contribution is 7.18. The van der Waals surface area contributed by atoms with Crippen LogP contribution in [-0.2, 0) is 24.1 Å². The van der Waals surface area contributed by atoms with Crippen LogP contribution in [0.3, 0.4) is 0 Å². The minimum atomic E-state index is -0.362. The normalized spacial score (nSPS) is 14.1. The average molecular weight is 295 g/mol. The number of hydrogen-bond acceptors (Lipinski definition) is 5. The lowest BCUT2D eigenvalue weighted by atomic mass is 10.2. The minimum absolute atomic E-state index is 0.195. The molecule has 0 saturated carbocycles. The highest BCUT2D eigenvalue weighted by Gasteiger charge is 2.21. The van der Waals surface area contributed by atoms with Crippen LogP contribution >= 0.6 is 11.3 Å². The van der Waals surface area contributed by atoms with Gasteiger partial charge in [-0.2, -0.15) is 0 Å². The second-order valence-corrected chi connectivity index (χ2v) is 5.95. The van der Waals surface area contributed by atoms with E-state index in [0.717, 1.165) is 24.8 Å². The second-order valence-electron chi connectivity index (χ2n) is 4.85. The lowest BCUT2D eigenvalue weighted by molar-refractivity contribution is 0.131. The fraction of sp³-hybridized carbons (Fsp3) is 0.538. The first-order valence-corrected chi connectivity index (χ1v) is 7.59. The van der Waals surface area contributed by atoms with E-state index in [-0.39, 0.29) is 17.8 Å².